The molecule has 2 N–H and O–H groups in total. The summed E-state index contributed by atoms with van der Waals surface area (Å²) in [4.78, 5) is 19.4. The van der Waals surface area contributed by atoms with Crippen LogP contribution in [0.4, 0.5) is 22.3 Å². The van der Waals surface area contributed by atoms with Gasteiger partial charge in [-0.2, -0.15) is 0 Å². The molecule has 0 fully saturated rings. The van der Waals surface area contributed by atoms with Crippen LogP contribution in [0, 0.1) is 17.0 Å². The first-order valence-corrected chi connectivity index (χ1v) is 8.62. The zero-order chi connectivity index (χ0) is 17.8. The lowest BCUT2D eigenvalue weighted by atomic mass is 10.2. The number of nitro benzene ring substituents is 1. The molecule has 0 aliphatic rings. The van der Waals surface area contributed by atoms with E-state index < -0.39 is 4.92 Å². The molecular formula is C17H17N5O2S. The molecular weight excluding hydrogens is 338 g/mol. The molecule has 0 saturated carbocycles. The van der Waals surface area contributed by atoms with Gasteiger partial charge >= 0.3 is 0 Å². The third-order valence-corrected chi connectivity index (χ3v) is 4.35. The van der Waals surface area contributed by atoms with Crippen molar-refractivity contribution in [2.75, 3.05) is 17.2 Å². The summed E-state index contributed by atoms with van der Waals surface area (Å²) in [6.45, 7) is 4.73. The summed E-state index contributed by atoms with van der Waals surface area (Å²) in [5, 5.41) is 19.8. The Morgan fingerprint density at radius 3 is 2.80 bits per heavy atom. The van der Waals surface area contributed by atoms with Crippen molar-refractivity contribution in [1.82, 2.24) is 9.97 Å². The van der Waals surface area contributed by atoms with Gasteiger partial charge in [0.15, 0.2) is 5.13 Å². The van der Waals surface area contributed by atoms with E-state index in [1.165, 1.54) is 23.5 Å². The second-order valence-electron chi connectivity index (χ2n) is 5.38. The summed E-state index contributed by atoms with van der Waals surface area (Å²) < 4.78 is 0. The standard InChI is InChI=1S/C17H17N5O2S/c1-3-18-16-7-5-12(9-19-16)15-10-25-17(21-15)20-14-8-13(22(23)24)6-4-11(14)2/h4-10H,3H2,1-2H3,(H,18,19)(H,20,21). The van der Waals surface area contributed by atoms with Crippen molar-refractivity contribution >= 4 is 33.7 Å². The van der Waals surface area contributed by atoms with Crippen LogP contribution < -0.4 is 10.6 Å². The van der Waals surface area contributed by atoms with Crippen LogP contribution >= 0.6 is 11.3 Å². The van der Waals surface area contributed by atoms with E-state index in [0.29, 0.717) is 10.8 Å². The number of hydrogen-bond acceptors (Lipinski definition) is 7. The minimum absolute atomic E-state index is 0.0492. The number of rotatable bonds is 6. The lowest BCUT2D eigenvalue weighted by Gasteiger charge is -2.06. The molecule has 0 unspecified atom stereocenters. The minimum atomic E-state index is -0.407. The number of anilines is 3. The Hall–Kier alpha value is -3.00. The number of pyridine rings is 1. The molecule has 2 heterocycles. The zero-order valence-corrected chi connectivity index (χ0v) is 14.6. The molecule has 1 aromatic carbocycles. The third-order valence-electron chi connectivity index (χ3n) is 3.59. The quantitative estimate of drug-likeness (QED) is 0.496. The van der Waals surface area contributed by atoms with E-state index in [-0.39, 0.29) is 5.69 Å². The summed E-state index contributed by atoms with van der Waals surface area (Å²) in [6, 6.07) is 8.60. The average molecular weight is 355 g/mol. The summed E-state index contributed by atoms with van der Waals surface area (Å²) >= 11 is 1.44. The van der Waals surface area contributed by atoms with Gasteiger partial charge in [-0.15, -0.1) is 11.3 Å². The monoisotopic (exact) mass is 355 g/mol. The second kappa shape index (κ2) is 7.27. The van der Waals surface area contributed by atoms with Gasteiger partial charge in [0, 0.05) is 35.8 Å². The maximum Gasteiger partial charge on any atom is 0.271 e. The van der Waals surface area contributed by atoms with Crippen LogP contribution in [0.3, 0.4) is 0 Å². The molecule has 0 amide bonds. The highest BCUT2D eigenvalue weighted by atomic mass is 32.1. The Kier molecular flexibility index (Phi) is 4.90. The van der Waals surface area contributed by atoms with Crippen LogP contribution in [0.1, 0.15) is 12.5 Å². The van der Waals surface area contributed by atoms with Gasteiger partial charge in [0.05, 0.1) is 16.3 Å². The van der Waals surface area contributed by atoms with Crippen molar-refractivity contribution in [2.45, 2.75) is 13.8 Å². The molecule has 3 rings (SSSR count). The van der Waals surface area contributed by atoms with Gasteiger partial charge in [-0.1, -0.05) is 6.07 Å². The Labute approximate surface area is 148 Å². The van der Waals surface area contributed by atoms with Gasteiger partial charge in [-0.3, -0.25) is 10.1 Å². The maximum absolute atomic E-state index is 10.9. The SMILES string of the molecule is CCNc1ccc(-c2csc(Nc3cc([N+](=O)[O-])ccc3C)n2)cn1. The van der Waals surface area contributed by atoms with Crippen molar-refractivity contribution in [2.24, 2.45) is 0 Å². The lowest BCUT2D eigenvalue weighted by molar-refractivity contribution is -0.384. The number of nitrogens with zero attached hydrogens (tertiary/aromatic N) is 3. The van der Waals surface area contributed by atoms with Crippen LogP contribution in [0.5, 0.6) is 0 Å². The van der Waals surface area contributed by atoms with Crippen molar-refractivity contribution in [3.05, 3.63) is 57.6 Å². The van der Waals surface area contributed by atoms with Crippen molar-refractivity contribution in [3.63, 3.8) is 0 Å². The van der Waals surface area contributed by atoms with Crippen LogP contribution in [0.25, 0.3) is 11.3 Å². The van der Waals surface area contributed by atoms with Crippen LogP contribution in [-0.2, 0) is 0 Å². The molecule has 0 saturated heterocycles. The highest BCUT2D eigenvalue weighted by molar-refractivity contribution is 7.14. The third kappa shape index (κ3) is 3.92. The summed E-state index contributed by atoms with van der Waals surface area (Å²) in [5.41, 5.74) is 3.37. The van der Waals surface area contributed by atoms with Gasteiger partial charge in [0.1, 0.15) is 5.82 Å². The van der Waals surface area contributed by atoms with Gasteiger partial charge < -0.3 is 10.6 Å². The molecule has 0 aliphatic heterocycles. The smallest absolute Gasteiger partial charge is 0.271 e. The molecule has 3 aromatic rings. The predicted octanol–water partition coefficient (Wildman–Crippen LogP) is 4.60. The van der Waals surface area contributed by atoms with Gasteiger partial charge in [-0.25, -0.2) is 9.97 Å². The fourth-order valence-electron chi connectivity index (χ4n) is 2.27. The first-order valence-electron chi connectivity index (χ1n) is 7.74. The van der Waals surface area contributed by atoms with Crippen LogP contribution in [0.2, 0.25) is 0 Å². The highest BCUT2D eigenvalue weighted by Crippen LogP contribution is 2.30. The Balaban J connectivity index is 1.80. The maximum atomic E-state index is 10.9. The molecule has 0 radical (unpaired) electrons. The van der Waals surface area contributed by atoms with Gasteiger partial charge in [0.25, 0.3) is 5.69 Å². The van der Waals surface area contributed by atoms with Crippen molar-refractivity contribution in [3.8, 4) is 11.3 Å². The number of aromatic nitrogens is 2. The number of thiazole rings is 1. The van der Waals surface area contributed by atoms with E-state index in [0.717, 1.165) is 29.2 Å². The molecule has 7 nitrogen and oxygen atoms in total. The summed E-state index contributed by atoms with van der Waals surface area (Å²) in [7, 11) is 0. The van der Waals surface area contributed by atoms with Crippen LogP contribution in [-0.4, -0.2) is 21.4 Å². The zero-order valence-electron chi connectivity index (χ0n) is 13.8. The number of non-ortho nitro benzene ring substituents is 1. The molecule has 0 atom stereocenters. The van der Waals surface area contributed by atoms with E-state index in [1.54, 1.807) is 12.3 Å². The summed E-state index contributed by atoms with van der Waals surface area (Å²) in [5.74, 6) is 0.826. The van der Waals surface area contributed by atoms with Crippen molar-refractivity contribution < 1.29 is 4.92 Å². The minimum Gasteiger partial charge on any atom is -0.370 e. The largest absolute Gasteiger partial charge is 0.370 e. The lowest BCUT2D eigenvalue weighted by Crippen LogP contribution is -1.98. The molecule has 0 spiro atoms. The molecule has 0 bridgehead atoms. The normalized spacial score (nSPS) is 10.5. The molecule has 25 heavy (non-hydrogen) atoms. The first-order chi connectivity index (χ1) is 12.1. The number of nitro groups is 1. The highest BCUT2D eigenvalue weighted by Gasteiger charge is 2.11. The second-order valence-corrected chi connectivity index (χ2v) is 6.24. The molecule has 128 valence electrons. The predicted molar refractivity (Wildman–Crippen MR) is 101 cm³/mol. The molecule has 8 heteroatoms. The number of benzene rings is 1. The fourth-order valence-corrected chi connectivity index (χ4v) is 3.00. The summed E-state index contributed by atoms with van der Waals surface area (Å²) in [6.07, 6.45) is 1.77. The Morgan fingerprint density at radius 2 is 2.12 bits per heavy atom. The number of aryl methyl sites for hydroxylation is 1. The van der Waals surface area contributed by atoms with Crippen molar-refractivity contribution in [1.29, 1.82) is 0 Å². The topological polar surface area (TPSA) is 93.0 Å². The van der Waals surface area contributed by atoms with E-state index in [2.05, 4.69) is 20.6 Å². The van der Waals surface area contributed by atoms with E-state index in [1.807, 2.05) is 31.4 Å². The Bertz CT molecular complexity index is 892. The Morgan fingerprint density at radius 1 is 1.28 bits per heavy atom. The average Bonchev–Trinajstić information content (AvgIpc) is 3.06. The molecule has 0 aliphatic carbocycles. The number of hydrogen-bond donors (Lipinski definition) is 2. The van der Waals surface area contributed by atoms with E-state index in [9.17, 15) is 10.1 Å². The van der Waals surface area contributed by atoms with Gasteiger partial charge in [0.2, 0.25) is 0 Å². The number of nitrogens with one attached hydrogen (secondary N) is 2. The van der Waals surface area contributed by atoms with Crippen LogP contribution in [0.15, 0.2) is 41.9 Å². The molecule has 2 aromatic heterocycles. The van der Waals surface area contributed by atoms with E-state index in [4.69, 9.17) is 0 Å². The van der Waals surface area contributed by atoms with E-state index >= 15 is 0 Å². The first kappa shape index (κ1) is 16.8. The van der Waals surface area contributed by atoms with Gasteiger partial charge in [-0.05, 0) is 31.5 Å². The fraction of sp³-hybridized carbons (Fsp3) is 0.176.